The molecule has 0 bridgehead atoms. The molecule has 0 fully saturated rings. The smallest absolute Gasteiger partial charge is 0.249 e. The molecule has 4 nitrogen and oxygen atoms in total. The van der Waals surface area contributed by atoms with Gasteiger partial charge in [-0.15, -0.1) is 0 Å². The molecular formula is C4H7N3O. The van der Waals surface area contributed by atoms with E-state index in [-0.39, 0.29) is 11.7 Å². The molecule has 0 aliphatic carbocycles. The summed E-state index contributed by atoms with van der Waals surface area (Å²) < 4.78 is 4.72. The summed E-state index contributed by atoms with van der Waals surface area (Å²) in [6, 6.07) is 0. The van der Waals surface area contributed by atoms with E-state index >= 15 is 0 Å². The van der Waals surface area contributed by atoms with E-state index in [1.807, 2.05) is 0 Å². The van der Waals surface area contributed by atoms with Gasteiger partial charge in [0, 0.05) is 0 Å². The van der Waals surface area contributed by atoms with Gasteiger partial charge in [0.15, 0.2) is 5.84 Å². The van der Waals surface area contributed by atoms with Crippen LogP contribution in [0.15, 0.2) is 4.99 Å². The van der Waals surface area contributed by atoms with Gasteiger partial charge in [-0.2, -0.15) is 0 Å². The van der Waals surface area contributed by atoms with Crippen molar-refractivity contribution >= 4 is 11.7 Å². The number of rotatable bonds is 0. The number of nitrogens with two attached hydrogens (primary N) is 1. The molecule has 0 amide bonds. The highest BCUT2D eigenvalue weighted by molar-refractivity contribution is 6.36. The minimum Gasteiger partial charge on any atom is -0.473 e. The lowest BCUT2D eigenvalue weighted by Gasteiger charge is -2.09. The predicted molar refractivity (Wildman–Crippen MR) is 30.2 cm³/mol. The van der Waals surface area contributed by atoms with E-state index in [2.05, 4.69) is 4.99 Å². The van der Waals surface area contributed by atoms with Gasteiger partial charge in [0.1, 0.15) is 6.61 Å². The van der Waals surface area contributed by atoms with E-state index in [4.69, 9.17) is 15.9 Å². The van der Waals surface area contributed by atoms with E-state index in [9.17, 15) is 0 Å². The maximum atomic E-state index is 6.92. The van der Waals surface area contributed by atoms with Crippen LogP contribution in [0.25, 0.3) is 0 Å². The molecule has 0 aromatic rings. The Balaban J connectivity index is 2.67. The number of hydrogen-bond donors (Lipinski definition) is 2. The minimum absolute atomic E-state index is 0.00347. The van der Waals surface area contributed by atoms with E-state index in [1.165, 1.54) is 0 Å². The molecule has 4 heteroatoms. The summed E-state index contributed by atoms with van der Waals surface area (Å²) in [5.41, 5.74) is 5.18. The zero-order chi connectivity index (χ0) is 5.98. The lowest BCUT2D eigenvalue weighted by atomic mass is 10.5. The molecule has 8 heavy (non-hydrogen) atoms. The average Bonchev–Trinajstić information content (AvgIpc) is 1.77. The molecule has 0 radical (unpaired) electrons. The first-order valence-corrected chi connectivity index (χ1v) is 2.32. The summed E-state index contributed by atoms with van der Waals surface area (Å²) in [7, 11) is 0. The Labute approximate surface area is 46.9 Å². The molecule has 0 saturated heterocycles. The Hall–Kier alpha value is -1.06. The van der Waals surface area contributed by atoms with Crippen LogP contribution in [-0.2, 0) is 4.74 Å². The lowest BCUT2D eigenvalue weighted by Crippen LogP contribution is -2.30. The van der Waals surface area contributed by atoms with Crippen molar-refractivity contribution in [2.45, 2.75) is 0 Å². The summed E-state index contributed by atoms with van der Waals surface area (Å²) >= 11 is 0. The molecule has 0 saturated carbocycles. The fraction of sp³-hybridized carbons (Fsp3) is 0.500. The Morgan fingerprint density at radius 1 is 1.75 bits per heavy atom. The molecule has 1 aliphatic heterocycles. The summed E-state index contributed by atoms with van der Waals surface area (Å²) in [4.78, 5) is 3.76. The third-order valence-corrected chi connectivity index (χ3v) is 0.852. The molecule has 1 heterocycles. The summed E-state index contributed by atoms with van der Waals surface area (Å²) in [5.74, 6) is 0.201. The lowest BCUT2D eigenvalue weighted by molar-refractivity contribution is 0.311. The average molecular weight is 113 g/mol. The quantitative estimate of drug-likeness (QED) is 0.438. The van der Waals surface area contributed by atoms with Gasteiger partial charge in [-0.1, -0.05) is 0 Å². The standard InChI is InChI=1S/C4H7N3O/c5-3-4(6)8-2-1-7-3/h6H,1-2H2,(H2,5,7). The van der Waals surface area contributed by atoms with Crippen molar-refractivity contribution in [2.24, 2.45) is 10.7 Å². The Morgan fingerprint density at radius 2 is 2.50 bits per heavy atom. The highest BCUT2D eigenvalue weighted by Crippen LogP contribution is 1.87. The van der Waals surface area contributed by atoms with Gasteiger partial charge >= 0.3 is 0 Å². The van der Waals surface area contributed by atoms with Crippen LogP contribution in [0.5, 0.6) is 0 Å². The second-order valence-corrected chi connectivity index (χ2v) is 1.44. The highest BCUT2D eigenvalue weighted by atomic mass is 16.5. The summed E-state index contributed by atoms with van der Waals surface area (Å²) in [6.07, 6.45) is 0. The van der Waals surface area contributed by atoms with Crippen LogP contribution in [0.3, 0.4) is 0 Å². The van der Waals surface area contributed by atoms with Gasteiger partial charge in [-0.05, 0) is 0 Å². The van der Waals surface area contributed by atoms with Crippen LogP contribution in [0.4, 0.5) is 0 Å². The number of hydrogen-bond acceptors (Lipinski definition) is 4. The van der Waals surface area contributed by atoms with E-state index in [1.54, 1.807) is 0 Å². The van der Waals surface area contributed by atoms with Crippen LogP contribution < -0.4 is 5.73 Å². The maximum absolute atomic E-state index is 6.92. The monoisotopic (exact) mass is 113 g/mol. The van der Waals surface area contributed by atoms with E-state index in [0.29, 0.717) is 13.2 Å². The van der Waals surface area contributed by atoms with Gasteiger partial charge in [0.25, 0.3) is 0 Å². The second kappa shape index (κ2) is 1.81. The van der Waals surface area contributed by atoms with Gasteiger partial charge in [-0.25, -0.2) is 0 Å². The number of aliphatic imine (C=N–C) groups is 1. The zero-order valence-corrected chi connectivity index (χ0v) is 4.35. The van der Waals surface area contributed by atoms with Crippen molar-refractivity contribution in [3.63, 3.8) is 0 Å². The topological polar surface area (TPSA) is 71.5 Å². The predicted octanol–water partition coefficient (Wildman–Crippen LogP) is -0.649. The van der Waals surface area contributed by atoms with Gasteiger partial charge < -0.3 is 10.5 Å². The Kier molecular flexibility index (Phi) is 1.15. The Morgan fingerprint density at radius 3 is 2.88 bits per heavy atom. The van der Waals surface area contributed by atoms with Crippen molar-refractivity contribution in [3.8, 4) is 0 Å². The largest absolute Gasteiger partial charge is 0.473 e. The SMILES string of the molecule is N=C1OCCN=C1N. The number of ether oxygens (including phenoxy) is 1. The van der Waals surface area contributed by atoms with Crippen LogP contribution in [0, 0.1) is 5.41 Å². The third-order valence-electron chi connectivity index (χ3n) is 0.852. The van der Waals surface area contributed by atoms with Crippen molar-refractivity contribution in [1.82, 2.24) is 0 Å². The molecule has 3 N–H and O–H groups in total. The van der Waals surface area contributed by atoms with Crippen LogP contribution >= 0.6 is 0 Å². The molecule has 0 unspecified atom stereocenters. The molecule has 0 atom stereocenters. The first kappa shape index (κ1) is 5.08. The van der Waals surface area contributed by atoms with Crippen molar-refractivity contribution in [2.75, 3.05) is 13.2 Å². The van der Waals surface area contributed by atoms with Crippen LogP contribution in [-0.4, -0.2) is 24.9 Å². The van der Waals surface area contributed by atoms with Crippen LogP contribution in [0.1, 0.15) is 0 Å². The summed E-state index contributed by atoms with van der Waals surface area (Å²) in [5, 5.41) is 6.92. The van der Waals surface area contributed by atoms with Gasteiger partial charge in [0.05, 0.1) is 6.54 Å². The molecule has 1 aliphatic rings. The van der Waals surface area contributed by atoms with Gasteiger partial charge in [-0.3, -0.25) is 10.4 Å². The second-order valence-electron chi connectivity index (χ2n) is 1.44. The normalized spacial score (nSPS) is 19.5. The number of nitrogens with one attached hydrogen (secondary N) is 1. The van der Waals surface area contributed by atoms with Crippen molar-refractivity contribution in [1.29, 1.82) is 5.41 Å². The molecule has 44 valence electrons. The van der Waals surface area contributed by atoms with Crippen LogP contribution in [0.2, 0.25) is 0 Å². The fourth-order valence-electron chi connectivity index (χ4n) is 0.460. The molecule has 1 rings (SSSR count). The summed E-state index contributed by atoms with van der Waals surface area (Å²) in [6.45, 7) is 1.06. The first-order valence-electron chi connectivity index (χ1n) is 2.32. The maximum Gasteiger partial charge on any atom is 0.249 e. The minimum atomic E-state index is -0.00347. The third kappa shape index (κ3) is 0.776. The first-order chi connectivity index (χ1) is 3.80. The number of nitrogens with zero attached hydrogens (tertiary/aromatic N) is 1. The van der Waals surface area contributed by atoms with Crippen molar-refractivity contribution in [3.05, 3.63) is 0 Å². The van der Waals surface area contributed by atoms with Gasteiger partial charge in [0.2, 0.25) is 5.90 Å². The Bertz CT molecular complexity index is 140. The number of amidine groups is 1. The fourth-order valence-corrected chi connectivity index (χ4v) is 0.460. The molecular weight excluding hydrogens is 106 g/mol. The van der Waals surface area contributed by atoms with E-state index < -0.39 is 0 Å². The van der Waals surface area contributed by atoms with Crippen molar-refractivity contribution < 1.29 is 4.74 Å². The molecule has 0 aromatic carbocycles. The molecule has 0 aromatic heterocycles. The van der Waals surface area contributed by atoms with E-state index in [0.717, 1.165) is 0 Å². The highest BCUT2D eigenvalue weighted by Gasteiger charge is 2.06. The molecule has 0 spiro atoms. The zero-order valence-electron chi connectivity index (χ0n) is 4.35.